The number of nitro groups is 1. The average molecular weight is 273 g/mol. The molecule has 1 N–H and O–H groups in total. The van der Waals surface area contributed by atoms with Crippen LogP contribution in [0, 0.1) is 10.1 Å². The third-order valence-electron chi connectivity index (χ3n) is 2.97. The van der Waals surface area contributed by atoms with Crippen molar-refractivity contribution < 1.29 is 4.92 Å². The smallest absolute Gasteiger partial charge is 0.269 e. The zero-order valence-corrected chi connectivity index (χ0v) is 10.5. The van der Waals surface area contributed by atoms with Gasteiger partial charge in [-0.15, -0.1) is 0 Å². The van der Waals surface area contributed by atoms with Crippen LogP contribution in [0.25, 0.3) is 22.2 Å². The highest BCUT2D eigenvalue weighted by Crippen LogP contribution is 2.27. The Bertz CT molecular complexity index is 763. The topological polar surface area (TPSA) is 58.9 Å². The molecule has 0 amide bonds. The molecule has 0 aliphatic carbocycles. The highest BCUT2D eigenvalue weighted by molar-refractivity contribution is 6.31. The number of halogens is 1. The number of aromatic amines is 1. The van der Waals surface area contributed by atoms with Gasteiger partial charge in [-0.2, -0.15) is 0 Å². The zero-order chi connectivity index (χ0) is 13.4. The van der Waals surface area contributed by atoms with E-state index in [-0.39, 0.29) is 5.69 Å². The first-order chi connectivity index (χ1) is 9.13. The fraction of sp³-hybridized carbons (Fsp3) is 0. The molecule has 5 heteroatoms. The van der Waals surface area contributed by atoms with Gasteiger partial charge in [0.05, 0.1) is 4.92 Å². The number of benzene rings is 2. The van der Waals surface area contributed by atoms with Crippen molar-refractivity contribution in [2.24, 2.45) is 0 Å². The molecule has 0 aliphatic heterocycles. The van der Waals surface area contributed by atoms with Gasteiger partial charge >= 0.3 is 0 Å². The Kier molecular flexibility index (Phi) is 2.72. The molecule has 4 nitrogen and oxygen atoms in total. The van der Waals surface area contributed by atoms with Gasteiger partial charge in [-0.1, -0.05) is 17.7 Å². The number of nitrogens with zero attached hydrogens (tertiary/aromatic N) is 1. The van der Waals surface area contributed by atoms with E-state index in [4.69, 9.17) is 11.6 Å². The van der Waals surface area contributed by atoms with Crippen molar-refractivity contribution >= 4 is 28.2 Å². The quantitative estimate of drug-likeness (QED) is 0.555. The van der Waals surface area contributed by atoms with Gasteiger partial charge in [0.2, 0.25) is 0 Å². The second kappa shape index (κ2) is 4.40. The molecule has 2 aromatic carbocycles. The molecule has 3 aromatic rings. The third kappa shape index (κ3) is 2.18. The summed E-state index contributed by atoms with van der Waals surface area (Å²) >= 11 is 5.93. The molecule has 0 saturated heterocycles. The molecule has 0 radical (unpaired) electrons. The van der Waals surface area contributed by atoms with E-state index in [1.165, 1.54) is 12.1 Å². The van der Waals surface area contributed by atoms with Crippen molar-refractivity contribution in [1.82, 2.24) is 4.98 Å². The van der Waals surface area contributed by atoms with Crippen molar-refractivity contribution in [3.63, 3.8) is 0 Å². The minimum atomic E-state index is -0.408. The molecule has 94 valence electrons. The summed E-state index contributed by atoms with van der Waals surface area (Å²) < 4.78 is 0. The van der Waals surface area contributed by atoms with Crippen LogP contribution in [-0.4, -0.2) is 9.91 Å². The van der Waals surface area contributed by atoms with E-state index in [2.05, 4.69) is 4.98 Å². The highest BCUT2D eigenvalue weighted by atomic mass is 35.5. The number of nitro benzene ring substituents is 1. The van der Waals surface area contributed by atoms with Gasteiger partial charge in [-0.3, -0.25) is 10.1 Å². The maximum Gasteiger partial charge on any atom is 0.269 e. The van der Waals surface area contributed by atoms with Crippen LogP contribution in [0.2, 0.25) is 5.02 Å². The lowest BCUT2D eigenvalue weighted by Gasteiger charge is -1.97. The largest absolute Gasteiger partial charge is 0.354 e. The Morgan fingerprint density at radius 3 is 2.47 bits per heavy atom. The summed E-state index contributed by atoms with van der Waals surface area (Å²) in [4.78, 5) is 13.4. The summed E-state index contributed by atoms with van der Waals surface area (Å²) in [6.07, 6.45) is 0. The number of non-ortho nitro benzene ring substituents is 1. The van der Waals surface area contributed by atoms with Gasteiger partial charge in [0.25, 0.3) is 5.69 Å². The Hall–Kier alpha value is -2.33. The van der Waals surface area contributed by atoms with Gasteiger partial charge in [0, 0.05) is 33.8 Å². The second-order valence-electron chi connectivity index (χ2n) is 4.22. The SMILES string of the molecule is O=[N+]([O-])c1ccc(-c2cc3ccc(Cl)cc3[nH]2)cc1. The Balaban J connectivity index is 2.06. The molecular formula is C14H9ClN2O2. The zero-order valence-electron chi connectivity index (χ0n) is 9.76. The molecule has 19 heavy (non-hydrogen) atoms. The molecule has 0 aliphatic rings. The number of aromatic nitrogens is 1. The van der Waals surface area contributed by atoms with Crippen molar-refractivity contribution in [3.8, 4) is 11.3 Å². The fourth-order valence-corrected chi connectivity index (χ4v) is 2.19. The minimum absolute atomic E-state index is 0.0860. The maximum absolute atomic E-state index is 10.6. The van der Waals surface area contributed by atoms with Crippen molar-refractivity contribution in [2.45, 2.75) is 0 Å². The molecule has 0 atom stereocenters. The van der Waals surface area contributed by atoms with Crippen LogP contribution in [-0.2, 0) is 0 Å². The first-order valence-corrected chi connectivity index (χ1v) is 6.04. The Labute approximate surface area is 113 Å². The highest BCUT2D eigenvalue weighted by Gasteiger charge is 2.07. The Morgan fingerprint density at radius 1 is 1.05 bits per heavy atom. The van der Waals surface area contributed by atoms with E-state index < -0.39 is 4.92 Å². The molecule has 1 heterocycles. The van der Waals surface area contributed by atoms with E-state index in [0.29, 0.717) is 5.02 Å². The monoisotopic (exact) mass is 272 g/mol. The van der Waals surface area contributed by atoms with Crippen LogP contribution in [0.1, 0.15) is 0 Å². The van der Waals surface area contributed by atoms with Crippen LogP contribution < -0.4 is 0 Å². The van der Waals surface area contributed by atoms with Gasteiger partial charge in [0.15, 0.2) is 0 Å². The first kappa shape index (κ1) is 11.7. The van der Waals surface area contributed by atoms with E-state index in [9.17, 15) is 10.1 Å². The van der Waals surface area contributed by atoms with E-state index in [0.717, 1.165) is 22.2 Å². The van der Waals surface area contributed by atoms with Crippen molar-refractivity contribution in [2.75, 3.05) is 0 Å². The van der Waals surface area contributed by atoms with Crippen LogP contribution in [0.3, 0.4) is 0 Å². The molecule has 0 spiro atoms. The molecule has 1 aromatic heterocycles. The summed E-state index contributed by atoms with van der Waals surface area (Å²) in [7, 11) is 0. The summed E-state index contributed by atoms with van der Waals surface area (Å²) in [6.45, 7) is 0. The molecule has 0 fully saturated rings. The summed E-state index contributed by atoms with van der Waals surface area (Å²) in [6, 6.07) is 14.1. The van der Waals surface area contributed by atoms with Gasteiger partial charge < -0.3 is 4.98 Å². The minimum Gasteiger partial charge on any atom is -0.354 e. The van der Waals surface area contributed by atoms with Gasteiger partial charge in [-0.25, -0.2) is 0 Å². The van der Waals surface area contributed by atoms with E-state index in [1.54, 1.807) is 12.1 Å². The third-order valence-corrected chi connectivity index (χ3v) is 3.21. The predicted octanol–water partition coefficient (Wildman–Crippen LogP) is 4.40. The number of H-pyrrole nitrogens is 1. The van der Waals surface area contributed by atoms with E-state index in [1.807, 2.05) is 24.3 Å². The number of fused-ring (bicyclic) bond motifs is 1. The number of nitrogens with one attached hydrogen (secondary N) is 1. The lowest BCUT2D eigenvalue weighted by Crippen LogP contribution is -1.87. The summed E-state index contributed by atoms with van der Waals surface area (Å²) in [5.74, 6) is 0. The van der Waals surface area contributed by atoms with Crippen LogP contribution in [0.5, 0.6) is 0 Å². The number of rotatable bonds is 2. The molecular weight excluding hydrogens is 264 g/mol. The van der Waals surface area contributed by atoms with Crippen LogP contribution in [0.15, 0.2) is 48.5 Å². The fourth-order valence-electron chi connectivity index (χ4n) is 2.02. The molecule has 3 rings (SSSR count). The maximum atomic E-state index is 10.6. The molecule has 0 bridgehead atoms. The lowest BCUT2D eigenvalue weighted by molar-refractivity contribution is -0.384. The molecule has 0 unspecified atom stereocenters. The van der Waals surface area contributed by atoms with Crippen molar-refractivity contribution in [3.05, 3.63) is 63.7 Å². The van der Waals surface area contributed by atoms with Gasteiger partial charge in [0.1, 0.15) is 0 Å². The normalized spacial score (nSPS) is 10.8. The van der Waals surface area contributed by atoms with Crippen molar-refractivity contribution in [1.29, 1.82) is 0 Å². The van der Waals surface area contributed by atoms with Crippen LogP contribution in [0.4, 0.5) is 5.69 Å². The number of hydrogen-bond acceptors (Lipinski definition) is 2. The summed E-state index contributed by atoms with van der Waals surface area (Å²) in [5.41, 5.74) is 2.84. The first-order valence-electron chi connectivity index (χ1n) is 5.66. The Morgan fingerprint density at radius 2 is 1.79 bits per heavy atom. The summed E-state index contributed by atoms with van der Waals surface area (Å²) in [5, 5.41) is 12.3. The molecule has 0 saturated carbocycles. The van der Waals surface area contributed by atoms with E-state index >= 15 is 0 Å². The standard InChI is InChI=1S/C14H9ClN2O2/c15-11-4-1-10-7-13(16-14(10)8-11)9-2-5-12(6-3-9)17(18)19/h1-8,16H. The predicted molar refractivity (Wildman–Crippen MR) is 75.4 cm³/mol. The second-order valence-corrected chi connectivity index (χ2v) is 4.66. The van der Waals surface area contributed by atoms with Crippen LogP contribution >= 0.6 is 11.6 Å². The van der Waals surface area contributed by atoms with Gasteiger partial charge in [-0.05, 0) is 35.9 Å². The lowest BCUT2D eigenvalue weighted by atomic mass is 10.1. The average Bonchev–Trinajstić information content (AvgIpc) is 2.81. The number of hydrogen-bond donors (Lipinski definition) is 1.